The molecule has 0 aliphatic carbocycles. The molecule has 1 N–H and O–H groups in total. The Kier molecular flexibility index (Phi) is 6.45. The van der Waals surface area contributed by atoms with Crippen molar-refractivity contribution in [1.82, 2.24) is 9.97 Å². The molecule has 1 unspecified atom stereocenters. The minimum Gasteiger partial charge on any atom is -0.377 e. The summed E-state index contributed by atoms with van der Waals surface area (Å²) in [6.07, 6.45) is 1.48. The summed E-state index contributed by atoms with van der Waals surface area (Å²) in [5, 5.41) is 4.07. The molecule has 0 spiro atoms. The van der Waals surface area contributed by atoms with Crippen LogP contribution in [0.5, 0.6) is 0 Å². The fraction of sp³-hybridized carbons (Fsp3) is 0.200. The molecule has 0 fully saturated rings. The number of nitrogens with one attached hydrogen (secondary N) is 1. The van der Waals surface area contributed by atoms with E-state index in [1.165, 1.54) is 24.4 Å². The highest BCUT2D eigenvalue weighted by Gasteiger charge is 2.19. The Hall–Kier alpha value is -2.89. The number of anilines is 1. The van der Waals surface area contributed by atoms with E-state index in [0.717, 1.165) is 6.07 Å². The predicted octanol–water partition coefficient (Wildman–Crippen LogP) is 7.10. The summed E-state index contributed by atoms with van der Waals surface area (Å²) in [7, 11) is -2.55. The Morgan fingerprint density at radius 3 is 2.29 bits per heavy atom. The second-order valence-corrected chi connectivity index (χ2v) is 12.1. The number of nitrogens with zero attached hydrogens (tertiary/aromatic N) is 2. The fourth-order valence-corrected chi connectivity index (χ4v) is 4.70. The smallest absolute Gasteiger partial charge is 0.133 e. The van der Waals surface area contributed by atoms with Gasteiger partial charge in [-0.15, -0.1) is 0 Å². The van der Waals surface area contributed by atoms with Crippen LogP contribution in [-0.4, -0.2) is 23.3 Å². The highest BCUT2D eigenvalue weighted by molar-refractivity contribution is 7.69. The van der Waals surface area contributed by atoms with E-state index < -0.39 is 30.6 Å². The van der Waals surface area contributed by atoms with Crippen molar-refractivity contribution in [2.75, 3.05) is 18.6 Å². The van der Waals surface area contributed by atoms with Crippen molar-refractivity contribution in [3.63, 3.8) is 0 Å². The molecule has 0 aliphatic rings. The Labute approximate surface area is 200 Å². The zero-order valence-electron chi connectivity index (χ0n) is 19.0. The molecule has 0 aliphatic heterocycles. The molecule has 9 heteroatoms. The first-order valence-corrected chi connectivity index (χ1v) is 13.5. The van der Waals surface area contributed by atoms with Gasteiger partial charge >= 0.3 is 0 Å². The van der Waals surface area contributed by atoms with Crippen LogP contribution in [0.3, 0.4) is 0 Å². The third kappa shape index (κ3) is 4.82. The van der Waals surface area contributed by atoms with Crippen LogP contribution in [0.1, 0.15) is 24.2 Å². The van der Waals surface area contributed by atoms with Gasteiger partial charge in [0.15, 0.2) is 0 Å². The van der Waals surface area contributed by atoms with Gasteiger partial charge in [-0.05, 0) is 57.0 Å². The maximum Gasteiger partial charge on any atom is 0.133 e. The Morgan fingerprint density at radius 1 is 1.03 bits per heavy atom. The molecular formula is C25H22ClF3N3OP. The lowest BCUT2D eigenvalue weighted by Gasteiger charge is -2.20. The van der Waals surface area contributed by atoms with Gasteiger partial charge in [0, 0.05) is 40.9 Å². The molecule has 176 valence electrons. The molecule has 1 atom stereocenters. The van der Waals surface area contributed by atoms with Crippen molar-refractivity contribution in [3.05, 3.63) is 82.4 Å². The summed E-state index contributed by atoms with van der Waals surface area (Å²) in [5.74, 6) is -1.87. The molecule has 0 bridgehead atoms. The molecule has 4 nitrogen and oxygen atoms in total. The fourth-order valence-electron chi connectivity index (χ4n) is 3.74. The number of rotatable bonds is 5. The number of fused-ring (bicyclic) bond motifs is 1. The van der Waals surface area contributed by atoms with E-state index in [0.29, 0.717) is 43.9 Å². The van der Waals surface area contributed by atoms with Crippen LogP contribution in [0.15, 0.2) is 48.7 Å². The van der Waals surface area contributed by atoms with Gasteiger partial charge in [-0.25, -0.2) is 13.2 Å². The summed E-state index contributed by atoms with van der Waals surface area (Å²) < 4.78 is 54.8. The summed E-state index contributed by atoms with van der Waals surface area (Å²) in [6.45, 7) is 6.67. The lowest BCUT2D eigenvalue weighted by Crippen LogP contribution is -2.10. The van der Waals surface area contributed by atoms with E-state index in [1.54, 1.807) is 45.4 Å². The van der Waals surface area contributed by atoms with Gasteiger partial charge in [0.1, 0.15) is 24.6 Å². The summed E-state index contributed by atoms with van der Waals surface area (Å²) in [5.41, 5.74) is 2.94. The predicted molar refractivity (Wildman–Crippen MR) is 132 cm³/mol. The van der Waals surface area contributed by atoms with Crippen LogP contribution in [0, 0.1) is 24.4 Å². The summed E-state index contributed by atoms with van der Waals surface area (Å²) in [6, 6.07) is 8.99. The van der Waals surface area contributed by atoms with Crippen LogP contribution < -0.4 is 10.8 Å². The number of halogens is 4. The highest BCUT2D eigenvalue weighted by Crippen LogP contribution is 2.39. The average molecular weight is 504 g/mol. The molecule has 34 heavy (non-hydrogen) atoms. The van der Waals surface area contributed by atoms with Gasteiger partial charge in [0.25, 0.3) is 0 Å². The maximum absolute atomic E-state index is 15.1. The van der Waals surface area contributed by atoms with Crippen molar-refractivity contribution in [3.8, 4) is 11.1 Å². The van der Waals surface area contributed by atoms with E-state index in [9.17, 15) is 13.3 Å². The van der Waals surface area contributed by atoms with Gasteiger partial charge in [-0.3, -0.25) is 9.97 Å². The quantitative estimate of drug-likeness (QED) is 0.295. The van der Waals surface area contributed by atoms with E-state index >= 15 is 4.39 Å². The Balaban J connectivity index is 1.83. The van der Waals surface area contributed by atoms with Crippen LogP contribution in [0.2, 0.25) is 5.02 Å². The molecule has 2 aromatic heterocycles. The molecule has 4 rings (SSSR count). The Morgan fingerprint density at radius 2 is 1.71 bits per heavy atom. The van der Waals surface area contributed by atoms with E-state index in [2.05, 4.69) is 15.3 Å². The van der Waals surface area contributed by atoms with Gasteiger partial charge in [0.05, 0.1) is 27.4 Å². The minimum absolute atomic E-state index is 0.266. The van der Waals surface area contributed by atoms with E-state index in [4.69, 9.17) is 11.6 Å². The van der Waals surface area contributed by atoms with Crippen molar-refractivity contribution in [1.29, 1.82) is 0 Å². The number of pyridine rings is 2. The molecule has 4 aromatic rings. The van der Waals surface area contributed by atoms with Gasteiger partial charge < -0.3 is 9.88 Å². The van der Waals surface area contributed by atoms with Crippen molar-refractivity contribution < 1.29 is 17.7 Å². The highest BCUT2D eigenvalue weighted by atomic mass is 35.5. The molecule has 2 aromatic carbocycles. The topological polar surface area (TPSA) is 54.9 Å². The molecular weight excluding hydrogens is 482 g/mol. The summed E-state index contributed by atoms with van der Waals surface area (Å²) in [4.78, 5) is 8.65. The standard InChI is InChI=1S/C25H22ClF3N3OP/c1-13(16-7-17(27)9-18(28)8-16)32-25-20-10-19(15-5-6-23(30-12-15)34(3,4)33)21(29)11-22(20)31-14(2)24(25)26/h5-13H,1-4H3,(H,31,32). The summed E-state index contributed by atoms with van der Waals surface area (Å²) >= 11 is 6.57. The SMILES string of the molecule is Cc1nc2cc(F)c(-c3ccc(P(C)(C)=O)nc3)cc2c(NC(C)c2cc(F)cc(F)c2)c1Cl. The molecule has 0 amide bonds. The molecule has 0 saturated carbocycles. The van der Waals surface area contributed by atoms with Crippen molar-refractivity contribution in [2.24, 2.45) is 0 Å². The number of benzene rings is 2. The Bertz CT molecular complexity index is 1430. The first-order valence-electron chi connectivity index (χ1n) is 10.5. The average Bonchev–Trinajstić information content (AvgIpc) is 2.75. The minimum atomic E-state index is -2.55. The molecule has 0 radical (unpaired) electrons. The van der Waals surface area contributed by atoms with E-state index in [1.807, 2.05) is 0 Å². The third-order valence-corrected chi connectivity index (χ3v) is 7.37. The van der Waals surface area contributed by atoms with Crippen molar-refractivity contribution in [2.45, 2.75) is 19.9 Å². The lowest BCUT2D eigenvalue weighted by atomic mass is 10.0. The largest absolute Gasteiger partial charge is 0.377 e. The van der Waals surface area contributed by atoms with Gasteiger partial charge in [0.2, 0.25) is 0 Å². The van der Waals surface area contributed by atoms with Crippen LogP contribution in [0.25, 0.3) is 22.0 Å². The van der Waals surface area contributed by atoms with Crippen LogP contribution in [-0.2, 0) is 4.57 Å². The number of hydrogen-bond acceptors (Lipinski definition) is 4. The normalized spacial score (nSPS) is 12.7. The number of aromatic nitrogens is 2. The van der Waals surface area contributed by atoms with Crippen LogP contribution in [0.4, 0.5) is 18.9 Å². The molecule has 0 saturated heterocycles. The number of hydrogen-bond donors (Lipinski definition) is 1. The van der Waals surface area contributed by atoms with Gasteiger partial charge in [-0.1, -0.05) is 17.7 Å². The third-order valence-electron chi connectivity index (χ3n) is 5.54. The van der Waals surface area contributed by atoms with Gasteiger partial charge in [-0.2, -0.15) is 0 Å². The number of aryl methyl sites for hydroxylation is 1. The lowest BCUT2D eigenvalue weighted by molar-refractivity contribution is 0.577. The zero-order chi connectivity index (χ0) is 24.8. The second-order valence-electron chi connectivity index (χ2n) is 8.56. The zero-order valence-corrected chi connectivity index (χ0v) is 20.6. The first-order chi connectivity index (χ1) is 15.9. The maximum atomic E-state index is 15.1. The monoisotopic (exact) mass is 503 g/mol. The second kappa shape index (κ2) is 9.05. The molecule has 2 heterocycles. The van der Waals surface area contributed by atoms with Crippen LogP contribution >= 0.6 is 18.7 Å². The first kappa shape index (κ1) is 24.2. The van der Waals surface area contributed by atoms with E-state index in [-0.39, 0.29) is 5.56 Å². The van der Waals surface area contributed by atoms with Crippen molar-refractivity contribution >= 4 is 40.8 Å².